The number of nitrogens with two attached hydrogens (primary N) is 1. The molecule has 2 rings (SSSR count). The van der Waals surface area contributed by atoms with Crippen LogP contribution in [0, 0.1) is 6.92 Å². The molecule has 0 bridgehead atoms. The Morgan fingerprint density at radius 3 is 2.54 bits per heavy atom. The zero-order valence-electron chi connectivity index (χ0n) is 14.8. The van der Waals surface area contributed by atoms with Crippen LogP contribution in [0.3, 0.4) is 0 Å². The van der Waals surface area contributed by atoms with Gasteiger partial charge in [-0.1, -0.05) is 23.8 Å². The van der Waals surface area contributed by atoms with Crippen molar-refractivity contribution in [2.24, 2.45) is 5.73 Å². The second-order valence-corrected chi connectivity index (χ2v) is 6.67. The molecule has 2 aromatic rings. The van der Waals surface area contributed by atoms with E-state index in [1.807, 2.05) is 6.92 Å². The van der Waals surface area contributed by atoms with Gasteiger partial charge in [0.2, 0.25) is 0 Å². The number of hydrogen-bond donors (Lipinski definition) is 2. The Bertz CT molecular complexity index is 763. The summed E-state index contributed by atoms with van der Waals surface area (Å²) in [5.41, 5.74) is 6.72. The molecule has 0 saturated carbocycles. The maximum atomic E-state index is 12.0. The van der Waals surface area contributed by atoms with E-state index in [0.29, 0.717) is 12.3 Å². The Morgan fingerprint density at radius 1 is 1.15 bits per heavy atom. The van der Waals surface area contributed by atoms with Crippen molar-refractivity contribution in [2.45, 2.75) is 11.8 Å². The monoisotopic (exact) mass is 374 g/mol. The fourth-order valence-electron chi connectivity index (χ4n) is 2.20. The maximum absolute atomic E-state index is 12.0. The van der Waals surface area contributed by atoms with Gasteiger partial charge in [0.25, 0.3) is 11.8 Å². The molecule has 7 heteroatoms. The van der Waals surface area contributed by atoms with E-state index in [0.717, 1.165) is 10.6 Å². The zero-order chi connectivity index (χ0) is 18.9. The molecular formula is C19H22N2O4S. The molecule has 0 aliphatic carbocycles. The average Bonchev–Trinajstić information content (AvgIpc) is 2.64. The standard InChI is InChI=1S/C19H22N2O4S/c1-13-6-8-14(9-7-13)26-11-10-21-17(22)12-25-18-15(19(20)23)4-3-5-16(18)24-2/h3-9H,10-12H2,1-2H3,(H2,20,23)(H,21,22). The molecule has 0 saturated heterocycles. The summed E-state index contributed by atoms with van der Waals surface area (Å²) >= 11 is 1.66. The molecule has 2 amide bonds. The van der Waals surface area contributed by atoms with Crippen LogP contribution >= 0.6 is 11.8 Å². The maximum Gasteiger partial charge on any atom is 0.257 e. The number of aryl methyl sites for hydroxylation is 1. The van der Waals surface area contributed by atoms with E-state index >= 15 is 0 Å². The van der Waals surface area contributed by atoms with Gasteiger partial charge in [0.05, 0.1) is 12.7 Å². The van der Waals surface area contributed by atoms with Crippen LogP contribution in [-0.2, 0) is 4.79 Å². The molecule has 0 aliphatic heterocycles. The summed E-state index contributed by atoms with van der Waals surface area (Å²) in [6, 6.07) is 13.0. The summed E-state index contributed by atoms with van der Waals surface area (Å²) < 4.78 is 10.6. The average molecular weight is 374 g/mol. The fraction of sp³-hybridized carbons (Fsp3) is 0.263. The van der Waals surface area contributed by atoms with E-state index in [-0.39, 0.29) is 23.8 Å². The van der Waals surface area contributed by atoms with Gasteiger partial charge < -0.3 is 20.5 Å². The minimum Gasteiger partial charge on any atom is -0.493 e. The SMILES string of the molecule is COc1cccc(C(N)=O)c1OCC(=O)NCCSc1ccc(C)cc1. The number of carbonyl (C=O) groups excluding carboxylic acids is 2. The van der Waals surface area contributed by atoms with Crippen LogP contribution in [0.5, 0.6) is 11.5 Å². The van der Waals surface area contributed by atoms with Crippen molar-refractivity contribution in [1.82, 2.24) is 5.32 Å². The molecule has 0 aromatic heterocycles. The lowest BCUT2D eigenvalue weighted by molar-refractivity contribution is -0.123. The Hall–Kier alpha value is -2.67. The first-order valence-electron chi connectivity index (χ1n) is 8.07. The largest absolute Gasteiger partial charge is 0.493 e. The van der Waals surface area contributed by atoms with Crippen molar-refractivity contribution in [2.75, 3.05) is 26.0 Å². The molecule has 0 unspecified atom stereocenters. The molecule has 0 radical (unpaired) electrons. The molecule has 0 atom stereocenters. The van der Waals surface area contributed by atoms with Crippen molar-refractivity contribution < 1.29 is 19.1 Å². The van der Waals surface area contributed by atoms with Crippen LogP contribution in [0.2, 0.25) is 0 Å². The van der Waals surface area contributed by atoms with Gasteiger partial charge in [-0.05, 0) is 31.2 Å². The normalized spacial score (nSPS) is 10.2. The van der Waals surface area contributed by atoms with E-state index in [1.165, 1.54) is 18.7 Å². The van der Waals surface area contributed by atoms with Crippen LogP contribution in [0.4, 0.5) is 0 Å². The molecule has 6 nitrogen and oxygen atoms in total. The van der Waals surface area contributed by atoms with Crippen LogP contribution in [-0.4, -0.2) is 37.8 Å². The summed E-state index contributed by atoms with van der Waals surface area (Å²) in [5, 5.41) is 2.78. The number of benzene rings is 2. The Kier molecular flexibility index (Phi) is 7.35. The van der Waals surface area contributed by atoms with E-state index in [9.17, 15) is 9.59 Å². The van der Waals surface area contributed by atoms with Gasteiger partial charge in [-0.25, -0.2) is 0 Å². The van der Waals surface area contributed by atoms with Gasteiger partial charge in [-0.2, -0.15) is 0 Å². The number of hydrogen-bond acceptors (Lipinski definition) is 5. The van der Waals surface area contributed by atoms with E-state index in [2.05, 4.69) is 29.6 Å². The van der Waals surface area contributed by atoms with Crippen molar-refractivity contribution in [3.63, 3.8) is 0 Å². The number of primary amides is 1. The molecule has 0 fully saturated rings. The lowest BCUT2D eigenvalue weighted by Crippen LogP contribution is -2.31. The molecule has 138 valence electrons. The molecule has 26 heavy (non-hydrogen) atoms. The summed E-state index contributed by atoms with van der Waals surface area (Å²) in [6.45, 7) is 2.32. The minimum absolute atomic E-state index is 0.173. The van der Waals surface area contributed by atoms with E-state index in [4.69, 9.17) is 15.2 Å². The second kappa shape index (κ2) is 9.72. The number of carbonyl (C=O) groups is 2. The highest BCUT2D eigenvalue weighted by Gasteiger charge is 2.16. The first kappa shape index (κ1) is 19.7. The van der Waals surface area contributed by atoms with E-state index < -0.39 is 5.91 Å². The first-order valence-corrected chi connectivity index (χ1v) is 9.05. The number of methoxy groups -OCH3 is 1. The molecule has 3 N–H and O–H groups in total. The third-order valence-corrected chi connectivity index (χ3v) is 4.54. The minimum atomic E-state index is -0.645. The van der Waals surface area contributed by atoms with Gasteiger partial charge in [0.15, 0.2) is 18.1 Å². The van der Waals surface area contributed by atoms with Crippen LogP contribution < -0.4 is 20.5 Å². The first-order chi connectivity index (χ1) is 12.5. The number of ether oxygens (including phenoxy) is 2. The number of rotatable bonds is 9. The third kappa shape index (κ3) is 5.70. The van der Waals surface area contributed by atoms with Crippen LogP contribution in [0.1, 0.15) is 15.9 Å². The predicted octanol–water partition coefficient (Wildman–Crippen LogP) is 2.39. The second-order valence-electron chi connectivity index (χ2n) is 5.50. The van der Waals surface area contributed by atoms with Crippen LogP contribution in [0.15, 0.2) is 47.4 Å². The van der Waals surface area contributed by atoms with Crippen molar-refractivity contribution in [3.05, 3.63) is 53.6 Å². The van der Waals surface area contributed by atoms with Gasteiger partial charge in [0, 0.05) is 17.2 Å². The lowest BCUT2D eigenvalue weighted by Gasteiger charge is -2.13. The summed E-state index contributed by atoms with van der Waals surface area (Å²) in [5.74, 6) is 0.344. The van der Waals surface area contributed by atoms with Gasteiger partial charge in [-0.15, -0.1) is 11.8 Å². The fourth-order valence-corrected chi connectivity index (χ4v) is 2.97. The highest BCUT2D eigenvalue weighted by Crippen LogP contribution is 2.30. The Morgan fingerprint density at radius 2 is 1.88 bits per heavy atom. The topological polar surface area (TPSA) is 90.7 Å². The molecule has 0 aliphatic rings. The number of amides is 2. The highest BCUT2D eigenvalue weighted by atomic mass is 32.2. The summed E-state index contributed by atoms with van der Waals surface area (Å²) in [7, 11) is 1.45. The summed E-state index contributed by atoms with van der Waals surface area (Å²) in [6.07, 6.45) is 0. The van der Waals surface area contributed by atoms with Gasteiger partial charge in [-0.3, -0.25) is 9.59 Å². The van der Waals surface area contributed by atoms with Crippen LogP contribution in [0.25, 0.3) is 0 Å². The highest BCUT2D eigenvalue weighted by molar-refractivity contribution is 7.99. The lowest BCUT2D eigenvalue weighted by atomic mass is 10.2. The zero-order valence-corrected chi connectivity index (χ0v) is 15.6. The predicted molar refractivity (Wildman–Crippen MR) is 102 cm³/mol. The quantitative estimate of drug-likeness (QED) is 0.519. The smallest absolute Gasteiger partial charge is 0.257 e. The van der Waals surface area contributed by atoms with Gasteiger partial charge in [0.1, 0.15) is 0 Å². The molecule has 0 spiro atoms. The molecular weight excluding hydrogens is 352 g/mol. The third-order valence-electron chi connectivity index (χ3n) is 3.53. The molecule has 2 aromatic carbocycles. The molecule has 0 heterocycles. The van der Waals surface area contributed by atoms with E-state index in [1.54, 1.807) is 23.9 Å². The van der Waals surface area contributed by atoms with Crippen molar-refractivity contribution >= 4 is 23.6 Å². The van der Waals surface area contributed by atoms with Crippen molar-refractivity contribution in [1.29, 1.82) is 0 Å². The number of para-hydroxylation sites is 1. The summed E-state index contributed by atoms with van der Waals surface area (Å²) in [4.78, 5) is 24.6. The number of thioether (sulfide) groups is 1. The van der Waals surface area contributed by atoms with Crippen molar-refractivity contribution in [3.8, 4) is 11.5 Å². The Labute approximate surface area is 157 Å². The Balaban J connectivity index is 1.80. The van der Waals surface area contributed by atoms with Gasteiger partial charge >= 0.3 is 0 Å². The number of nitrogens with one attached hydrogen (secondary N) is 1.